The Labute approximate surface area is 147 Å². The molecule has 7 heteroatoms. The summed E-state index contributed by atoms with van der Waals surface area (Å²) in [5.74, 6) is -0.243. The van der Waals surface area contributed by atoms with Crippen LogP contribution in [0.3, 0.4) is 0 Å². The monoisotopic (exact) mass is 351 g/mol. The van der Waals surface area contributed by atoms with Crippen molar-refractivity contribution in [2.75, 3.05) is 13.1 Å². The Morgan fingerprint density at radius 2 is 1.92 bits per heavy atom. The average Bonchev–Trinajstić information content (AvgIpc) is 2.63. The highest BCUT2D eigenvalue weighted by Gasteiger charge is 2.26. The minimum absolute atomic E-state index is 0.0672. The largest absolute Gasteiger partial charge is 0.341 e. The summed E-state index contributed by atoms with van der Waals surface area (Å²) in [5, 5.41) is 8.46. The number of rotatable bonds is 7. The van der Waals surface area contributed by atoms with E-state index in [2.05, 4.69) is 0 Å². The zero-order chi connectivity index (χ0) is 18.2. The maximum absolute atomic E-state index is 12.9. The average molecular weight is 351 g/mol. The third-order valence-corrected chi connectivity index (χ3v) is 4.75. The highest BCUT2D eigenvalue weighted by Crippen LogP contribution is 2.23. The molecule has 0 saturated carbocycles. The van der Waals surface area contributed by atoms with E-state index in [9.17, 15) is 14.0 Å². The summed E-state index contributed by atoms with van der Waals surface area (Å²) < 4.78 is 12.9. The van der Waals surface area contributed by atoms with E-state index in [4.69, 9.17) is 10.9 Å². The molecule has 1 unspecified atom stereocenters. The van der Waals surface area contributed by atoms with E-state index < -0.39 is 6.04 Å². The maximum Gasteiger partial charge on any atom is 0.243 e. The van der Waals surface area contributed by atoms with E-state index in [1.807, 2.05) is 0 Å². The predicted molar refractivity (Wildman–Crippen MR) is 91.2 cm³/mol. The SMILES string of the molecule is NC(Cc1ccc(F)cc1)C(=O)N1CCC(CCCC(=O)NO)CC1. The van der Waals surface area contributed by atoms with Crippen LogP contribution in [-0.4, -0.2) is 41.1 Å². The van der Waals surface area contributed by atoms with Crippen molar-refractivity contribution in [1.29, 1.82) is 0 Å². The number of hydrogen-bond acceptors (Lipinski definition) is 4. The minimum Gasteiger partial charge on any atom is -0.341 e. The Bertz CT molecular complexity index is 571. The van der Waals surface area contributed by atoms with Crippen LogP contribution in [0, 0.1) is 11.7 Å². The minimum atomic E-state index is -0.615. The number of hydroxylamine groups is 1. The summed E-state index contributed by atoms with van der Waals surface area (Å²) in [6.07, 6.45) is 4.16. The van der Waals surface area contributed by atoms with Crippen LogP contribution in [0.1, 0.15) is 37.7 Å². The Hall–Kier alpha value is -1.99. The van der Waals surface area contributed by atoms with Crippen molar-refractivity contribution in [2.24, 2.45) is 11.7 Å². The molecule has 1 heterocycles. The van der Waals surface area contributed by atoms with Crippen LogP contribution in [0.15, 0.2) is 24.3 Å². The number of hydrogen-bond donors (Lipinski definition) is 3. The van der Waals surface area contributed by atoms with Crippen LogP contribution in [0.4, 0.5) is 4.39 Å². The zero-order valence-electron chi connectivity index (χ0n) is 14.3. The lowest BCUT2D eigenvalue weighted by Gasteiger charge is -2.33. The van der Waals surface area contributed by atoms with E-state index in [1.54, 1.807) is 22.5 Å². The lowest BCUT2D eigenvalue weighted by Crippen LogP contribution is -2.48. The first-order valence-corrected chi connectivity index (χ1v) is 8.71. The molecule has 1 atom stereocenters. The Balaban J connectivity index is 1.72. The number of likely N-dealkylation sites (tertiary alicyclic amines) is 1. The number of halogens is 1. The number of nitrogens with zero attached hydrogens (tertiary/aromatic N) is 1. The van der Waals surface area contributed by atoms with Gasteiger partial charge in [-0.15, -0.1) is 0 Å². The quantitative estimate of drug-likeness (QED) is 0.514. The molecule has 1 fully saturated rings. The van der Waals surface area contributed by atoms with Crippen LogP contribution >= 0.6 is 0 Å². The van der Waals surface area contributed by atoms with Crippen LogP contribution in [0.2, 0.25) is 0 Å². The van der Waals surface area contributed by atoms with Gasteiger partial charge in [-0.1, -0.05) is 12.1 Å². The van der Waals surface area contributed by atoms with Crippen LogP contribution in [-0.2, 0) is 16.0 Å². The molecule has 4 N–H and O–H groups in total. The van der Waals surface area contributed by atoms with Crippen molar-refractivity contribution in [3.05, 3.63) is 35.6 Å². The maximum atomic E-state index is 12.9. The summed E-state index contributed by atoms with van der Waals surface area (Å²) in [5.41, 5.74) is 8.51. The van der Waals surface area contributed by atoms with Crippen LogP contribution < -0.4 is 11.2 Å². The third-order valence-electron chi connectivity index (χ3n) is 4.75. The molecule has 0 bridgehead atoms. The number of carbonyl (C=O) groups excluding carboxylic acids is 2. The van der Waals surface area contributed by atoms with Gasteiger partial charge in [-0.05, 0) is 55.7 Å². The van der Waals surface area contributed by atoms with Crippen LogP contribution in [0.25, 0.3) is 0 Å². The molecule has 1 aromatic rings. The third kappa shape index (κ3) is 6.10. The molecular weight excluding hydrogens is 325 g/mol. The molecule has 0 spiro atoms. The van der Waals surface area contributed by atoms with Gasteiger partial charge < -0.3 is 10.6 Å². The predicted octanol–water partition coefficient (Wildman–Crippen LogP) is 1.61. The van der Waals surface area contributed by atoms with Gasteiger partial charge in [-0.2, -0.15) is 0 Å². The fourth-order valence-corrected chi connectivity index (χ4v) is 3.25. The molecular formula is C18H26FN3O3. The number of nitrogens with one attached hydrogen (secondary N) is 1. The number of carbonyl (C=O) groups is 2. The normalized spacial score (nSPS) is 16.5. The molecule has 138 valence electrons. The zero-order valence-corrected chi connectivity index (χ0v) is 14.3. The fraction of sp³-hybridized carbons (Fsp3) is 0.556. The van der Waals surface area contributed by atoms with Gasteiger partial charge in [-0.3, -0.25) is 14.8 Å². The summed E-state index contributed by atoms with van der Waals surface area (Å²) in [7, 11) is 0. The summed E-state index contributed by atoms with van der Waals surface area (Å²) >= 11 is 0. The Kier molecular flexibility index (Phi) is 7.33. The van der Waals surface area contributed by atoms with E-state index in [-0.39, 0.29) is 17.6 Å². The molecule has 6 nitrogen and oxygen atoms in total. The fourth-order valence-electron chi connectivity index (χ4n) is 3.25. The first-order chi connectivity index (χ1) is 12.0. The second kappa shape index (κ2) is 9.48. The van der Waals surface area contributed by atoms with E-state index in [0.29, 0.717) is 31.8 Å². The lowest BCUT2D eigenvalue weighted by molar-refractivity contribution is -0.134. The molecule has 0 aliphatic carbocycles. The molecule has 1 aliphatic rings. The summed E-state index contributed by atoms with van der Waals surface area (Å²) in [6, 6.07) is 5.42. The van der Waals surface area contributed by atoms with Crippen LogP contribution in [0.5, 0.6) is 0 Å². The number of nitrogens with two attached hydrogens (primary N) is 1. The highest BCUT2D eigenvalue weighted by atomic mass is 19.1. The van der Waals surface area contributed by atoms with Crippen molar-refractivity contribution in [3.63, 3.8) is 0 Å². The summed E-state index contributed by atoms with van der Waals surface area (Å²) in [6.45, 7) is 1.35. The van der Waals surface area contributed by atoms with E-state index >= 15 is 0 Å². The van der Waals surface area contributed by atoms with E-state index in [0.717, 1.165) is 31.2 Å². The van der Waals surface area contributed by atoms with Crippen molar-refractivity contribution >= 4 is 11.8 Å². The number of amides is 2. The van der Waals surface area contributed by atoms with Crippen molar-refractivity contribution in [2.45, 2.75) is 44.6 Å². The van der Waals surface area contributed by atoms with Crippen molar-refractivity contribution in [3.8, 4) is 0 Å². The topological polar surface area (TPSA) is 95.7 Å². The molecule has 2 rings (SSSR count). The smallest absolute Gasteiger partial charge is 0.243 e. The molecule has 0 radical (unpaired) electrons. The first kappa shape index (κ1) is 19.3. The number of benzene rings is 1. The van der Waals surface area contributed by atoms with Gasteiger partial charge in [-0.25, -0.2) is 9.87 Å². The molecule has 0 aromatic heterocycles. The Morgan fingerprint density at radius 1 is 1.28 bits per heavy atom. The van der Waals surface area contributed by atoms with Gasteiger partial charge in [0.15, 0.2) is 0 Å². The highest BCUT2D eigenvalue weighted by molar-refractivity contribution is 5.82. The molecule has 1 aliphatic heterocycles. The second-order valence-electron chi connectivity index (χ2n) is 6.63. The van der Waals surface area contributed by atoms with Gasteiger partial charge >= 0.3 is 0 Å². The molecule has 25 heavy (non-hydrogen) atoms. The molecule has 2 amide bonds. The van der Waals surface area contributed by atoms with Gasteiger partial charge in [0, 0.05) is 19.5 Å². The Morgan fingerprint density at radius 3 is 2.52 bits per heavy atom. The number of piperidine rings is 1. The second-order valence-corrected chi connectivity index (χ2v) is 6.63. The van der Waals surface area contributed by atoms with Gasteiger partial charge in [0.1, 0.15) is 5.82 Å². The van der Waals surface area contributed by atoms with E-state index in [1.165, 1.54) is 12.1 Å². The van der Waals surface area contributed by atoms with Crippen molar-refractivity contribution in [1.82, 2.24) is 10.4 Å². The van der Waals surface area contributed by atoms with Crippen molar-refractivity contribution < 1.29 is 19.2 Å². The lowest BCUT2D eigenvalue weighted by atomic mass is 9.91. The van der Waals surface area contributed by atoms with Gasteiger partial charge in [0.2, 0.25) is 11.8 Å². The molecule has 1 saturated heterocycles. The summed E-state index contributed by atoms with van der Waals surface area (Å²) in [4.78, 5) is 25.3. The standard InChI is InChI=1S/C18H26FN3O3/c19-15-6-4-14(5-7-15)12-16(20)18(24)22-10-8-13(9-11-22)2-1-3-17(23)21-25/h4-7,13,16,25H,1-3,8-12,20H2,(H,21,23). The van der Waals surface area contributed by atoms with Gasteiger partial charge in [0.25, 0.3) is 0 Å². The molecule has 1 aromatic carbocycles. The first-order valence-electron chi connectivity index (χ1n) is 8.71. The van der Waals surface area contributed by atoms with Gasteiger partial charge in [0.05, 0.1) is 6.04 Å².